The SMILES string of the molecule is CCOC(=O)c1cc2c(N)cc(Cl)cc2[nH]1. The summed E-state index contributed by atoms with van der Waals surface area (Å²) in [6, 6.07) is 5.03. The van der Waals surface area contributed by atoms with Crippen LogP contribution in [0.3, 0.4) is 0 Å². The minimum absolute atomic E-state index is 0.338. The first-order valence-corrected chi connectivity index (χ1v) is 5.24. The number of aromatic amines is 1. The number of anilines is 1. The van der Waals surface area contributed by atoms with Crippen LogP contribution in [-0.4, -0.2) is 17.6 Å². The van der Waals surface area contributed by atoms with Gasteiger partial charge in [-0.1, -0.05) is 11.6 Å². The van der Waals surface area contributed by atoms with Crippen LogP contribution in [0, 0.1) is 0 Å². The summed E-state index contributed by atoms with van der Waals surface area (Å²) < 4.78 is 4.88. The molecule has 0 aliphatic heterocycles. The number of esters is 1. The zero-order valence-electron chi connectivity index (χ0n) is 8.71. The van der Waals surface area contributed by atoms with Gasteiger partial charge in [0.25, 0.3) is 0 Å². The molecule has 0 fully saturated rings. The first-order valence-electron chi connectivity index (χ1n) is 4.86. The Bertz CT molecular complexity index is 548. The highest BCUT2D eigenvalue weighted by atomic mass is 35.5. The average molecular weight is 239 g/mol. The third kappa shape index (κ3) is 1.84. The van der Waals surface area contributed by atoms with Gasteiger partial charge >= 0.3 is 5.97 Å². The first-order chi connectivity index (χ1) is 7.61. The van der Waals surface area contributed by atoms with Crippen LogP contribution in [0.2, 0.25) is 5.02 Å². The Hall–Kier alpha value is -1.68. The molecule has 0 saturated heterocycles. The summed E-state index contributed by atoms with van der Waals surface area (Å²) in [5, 5.41) is 1.30. The van der Waals surface area contributed by atoms with Crippen LogP contribution in [0.15, 0.2) is 18.2 Å². The fourth-order valence-electron chi connectivity index (χ4n) is 1.55. The van der Waals surface area contributed by atoms with Gasteiger partial charge in [0.1, 0.15) is 5.69 Å². The highest BCUT2D eigenvalue weighted by Crippen LogP contribution is 2.26. The molecule has 0 atom stereocenters. The zero-order valence-corrected chi connectivity index (χ0v) is 9.47. The molecule has 0 aliphatic carbocycles. The quantitative estimate of drug-likeness (QED) is 0.624. The van der Waals surface area contributed by atoms with Crippen molar-refractivity contribution < 1.29 is 9.53 Å². The van der Waals surface area contributed by atoms with E-state index in [1.54, 1.807) is 25.1 Å². The second-order valence-corrected chi connectivity index (χ2v) is 3.80. The Labute approximate surface area is 97.3 Å². The number of fused-ring (bicyclic) bond motifs is 1. The molecule has 16 heavy (non-hydrogen) atoms. The lowest BCUT2D eigenvalue weighted by molar-refractivity contribution is 0.0520. The molecular formula is C11H11ClN2O2. The molecule has 2 aromatic rings. The maximum Gasteiger partial charge on any atom is 0.354 e. The summed E-state index contributed by atoms with van der Waals surface area (Å²) in [7, 11) is 0. The largest absolute Gasteiger partial charge is 0.461 e. The predicted octanol–water partition coefficient (Wildman–Crippen LogP) is 2.58. The van der Waals surface area contributed by atoms with E-state index in [4.69, 9.17) is 22.1 Å². The highest BCUT2D eigenvalue weighted by Gasteiger charge is 2.12. The molecule has 0 spiro atoms. The lowest BCUT2D eigenvalue weighted by Gasteiger charge is -1.96. The van der Waals surface area contributed by atoms with Crippen molar-refractivity contribution in [2.45, 2.75) is 6.92 Å². The summed E-state index contributed by atoms with van der Waals surface area (Å²) in [5.74, 6) is -0.394. The zero-order chi connectivity index (χ0) is 11.7. The van der Waals surface area contributed by atoms with Gasteiger partial charge < -0.3 is 15.5 Å². The van der Waals surface area contributed by atoms with Gasteiger partial charge in [-0.15, -0.1) is 0 Å². The number of ether oxygens (including phenoxy) is 1. The van der Waals surface area contributed by atoms with Gasteiger partial charge in [0, 0.05) is 21.6 Å². The van der Waals surface area contributed by atoms with E-state index in [-0.39, 0.29) is 0 Å². The van der Waals surface area contributed by atoms with Crippen LogP contribution in [0.25, 0.3) is 10.9 Å². The number of hydrogen-bond donors (Lipinski definition) is 2. The molecule has 1 heterocycles. The summed E-state index contributed by atoms with van der Waals surface area (Å²) >= 11 is 5.86. The molecule has 1 aromatic heterocycles. The molecule has 4 nitrogen and oxygen atoms in total. The molecule has 2 rings (SSSR count). The molecule has 0 aliphatic rings. The fourth-order valence-corrected chi connectivity index (χ4v) is 1.77. The minimum atomic E-state index is -0.394. The number of aromatic nitrogens is 1. The van der Waals surface area contributed by atoms with Crippen molar-refractivity contribution in [3.8, 4) is 0 Å². The Morgan fingerprint density at radius 1 is 1.50 bits per heavy atom. The van der Waals surface area contributed by atoms with E-state index in [1.165, 1.54) is 0 Å². The number of nitrogens with one attached hydrogen (secondary N) is 1. The van der Waals surface area contributed by atoms with Crippen molar-refractivity contribution in [3.63, 3.8) is 0 Å². The average Bonchev–Trinajstić information content (AvgIpc) is 2.62. The summed E-state index contributed by atoms with van der Waals surface area (Å²) in [6.45, 7) is 2.09. The number of rotatable bonds is 2. The van der Waals surface area contributed by atoms with Gasteiger partial charge in [0.2, 0.25) is 0 Å². The number of carbonyl (C=O) groups excluding carboxylic acids is 1. The molecule has 0 unspecified atom stereocenters. The van der Waals surface area contributed by atoms with E-state index in [0.29, 0.717) is 23.0 Å². The summed E-state index contributed by atoms with van der Waals surface area (Å²) in [5.41, 5.74) is 7.43. The number of nitrogens with two attached hydrogens (primary N) is 1. The molecule has 0 radical (unpaired) electrons. The number of H-pyrrole nitrogens is 1. The van der Waals surface area contributed by atoms with Gasteiger partial charge in [-0.05, 0) is 25.1 Å². The van der Waals surface area contributed by atoms with Crippen molar-refractivity contribution in [1.29, 1.82) is 0 Å². The van der Waals surface area contributed by atoms with Crippen molar-refractivity contribution in [2.75, 3.05) is 12.3 Å². The normalized spacial score (nSPS) is 10.6. The second-order valence-electron chi connectivity index (χ2n) is 3.36. The molecule has 3 N–H and O–H groups in total. The first kappa shape index (κ1) is 10.8. The third-order valence-corrected chi connectivity index (χ3v) is 2.45. The van der Waals surface area contributed by atoms with Crippen LogP contribution < -0.4 is 5.73 Å². The van der Waals surface area contributed by atoms with Crippen LogP contribution in [0.1, 0.15) is 17.4 Å². The Morgan fingerprint density at radius 3 is 2.94 bits per heavy atom. The van der Waals surface area contributed by atoms with E-state index in [1.807, 2.05) is 0 Å². The molecule has 0 amide bonds. The van der Waals surface area contributed by atoms with E-state index in [9.17, 15) is 4.79 Å². The second kappa shape index (κ2) is 4.06. The van der Waals surface area contributed by atoms with Gasteiger partial charge in [-0.3, -0.25) is 0 Å². The lowest BCUT2D eigenvalue weighted by atomic mass is 10.2. The topological polar surface area (TPSA) is 68.1 Å². The highest BCUT2D eigenvalue weighted by molar-refractivity contribution is 6.31. The Balaban J connectivity index is 2.51. The molecule has 0 saturated carbocycles. The number of nitrogen functional groups attached to an aromatic ring is 1. The number of halogens is 1. The number of benzene rings is 1. The van der Waals surface area contributed by atoms with Gasteiger partial charge in [0.15, 0.2) is 0 Å². The van der Waals surface area contributed by atoms with Crippen molar-refractivity contribution in [3.05, 3.63) is 28.9 Å². The van der Waals surface area contributed by atoms with Crippen LogP contribution >= 0.6 is 11.6 Å². The maximum absolute atomic E-state index is 11.5. The standard InChI is InChI=1S/C11H11ClN2O2/c1-2-16-11(15)10-5-7-8(13)3-6(12)4-9(7)14-10/h3-5,14H,2,13H2,1H3. The van der Waals surface area contributed by atoms with Crippen LogP contribution in [0.4, 0.5) is 5.69 Å². The van der Waals surface area contributed by atoms with Crippen LogP contribution in [0.5, 0.6) is 0 Å². The number of carbonyl (C=O) groups is 1. The molecular weight excluding hydrogens is 228 g/mol. The predicted molar refractivity (Wildman–Crippen MR) is 63.7 cm³/mol. The summed E-state index contributed by atoms with van der Waals surface area (Å²) in [4.78, 5) is 14.4. The minimum Gasteiger partial charge on any atom is -0.461 e. The smallest absolute Gasteiger partial charge is 0.354 e. The molecule has 0 bridgehead atoms. The van der Waals surface area contributed by atoms with E-state index in [0.717, 1.165) is 10.9 Å². The van der Waals surface area contributed by atoms with Crippen molar-refractivity contribution in [2.24, 2.45) is 0 Å². The Morgan fingerprint density at radius 2 is 2.25 bits per heavy atom. The van der Waals surface area contributed by atoms with Crippen molar-refractivity contribution in [1.82, 2.24) is 4.98 Å². The van der Waals surface area contributed by atoms with E-state index < -0.39 is 5.97 Å². The van der Waals surface area contributed by atoms with Gasteiger partial charge in [0.05, 0.1) is 6.61 Å². The molecule has 1 aromatic carbocycles. The maximum atomic E-state index is 11.5. The third-order valence-electron chi connectivity index (χ3n) is 2.23. The molecule has 5 heteroatoms. The number of hydrogen-bond acceptors (Lipinski definition) is 3. The van der Waals surface area contributed by atoms with Crippen LogP contribution in [-0.2, 0) is 4.74 Å². The van der Waals surface area contributed by atoms with Gasteiger partial charge in [-0.2, -0.15) is 0 Å². The van der Waals surface area contributed by atoms with Gasteiger partial charge in [-0.25, -0.2) is 4.79 Å². The van der Waals surface area contributed by atoms with Crippen molar-refractivity contribution >= 4 is 34.2 Å². The fraction of sp³-hybridized carbons (Fsp3) is 0.182. The summed E-state index contributed by atoms with van der Waals surface area (Å²) in [6.07, 6.45) is 0. The lowest BCUT2D eigenvalue weighted by Crippen LogP contribution is -2.04. The molecule has 84 valence electrons. The van der Waals surface area contributed by atoms with E-state index in [2.05, 4.69) is 4.98 Å². The Kier molecular flexibility index (Phi) is 2.75. The van der Waals surface area contributed by atoms with E-state index >= 15 is 0 Å². The monoisotopic (exact) mass is 238 g/mol.